The Morgan fingerprint density at radius 2 is 1.86 bits per heavy atom. The van der Waals surface area contributed by atoms with Crippen LogP contribution in [-0.2, 0) is 13.2 Å². The van der Waals surface area contributed by atoms with Crippen LogP contribution < -0.4 is 10.1 Å². The van der Waals surface area contributed by atoms with Crippen molar-refractivity contribution < 1.29 is 4.74 Å². The van der Waals surface area contributed by atoms with Gasteiger partial charge in [0, 0.05) is 11.4 Å². The molecule has 1 aromatic carbocycles. The van der Waals surface area contributed by atoms with Crippen LogP contribution in [0.2, 0.25) is 0 Å². The number of rotatable bonds is 7. The number of halogens is 3. The average molecular weight is 498 g/mol. The molecule has 0 aliphatic rings. The van der Waals surface area contributed by atoms with E-state index in [-0.39, 0.29) is 0 Å². The number of nitrogens with one attached hydrogen (secondary N) is 1. The first-order valence-corrected chi connectivity index (χ1v) is 9.85. The van der Waals surface area contributed by atoms with Crippen LogP contribution in [0.3, 0.4) is 0 Å². The minimum atomic E-state index is 0.570. The summed E-state index contributed by atoms with van der Waals surface area (Å²) in [4.78, 5) is 1.19. The Balaban J connectivity index is 2.02. The molecule has 0 unspecified atom stereocenters. The van der Waals surface area contributed by atoms with Crippen molar-refractivity contribution in [3.63, 3.8) is 0 Å². The fourth-order valence-electron chi connectivity index (χ4n) is 1.83. The molecule has 0 bridgehead atoms. The molecular formula is C15H16Br3NOS. The van der Waals surface area contributed by atoms with Crippen molar-refractivity contribution in [1.29, 1.82) is 0 Å². The van der Waals surface area contributed by atoms with Gasteiger partial charge in [-0.15, -0.1) is 11.3 Å². The molecule has 0 saturated carbocycles. The molecular weight excluding hydrogens is 482 g/mol. The summed E-state index contributed by atoms with van der Waals surface area (Å²) in [6, 6.07) is 8.32. The van der Waals surface area contributed by atoms with Gasteiger partial charge in [-0.3, -0.25) is 0 Å². The van der Waals surface area contributed by atoms with Crippen molar-refractivity contribution in [2.24, 2.45) is 0 Å². The van der Waals surface area contributed by atoms with Crippen molar-refractivity contribution in [3.8, 4) is 5.75 Å². The molecule has 0 aliphatic carbocycles. The number of ether oxygens (including phenoxy) is 1. The van der Waals surface area contributed by atoms with Crippen molar-refractivity contribution in [2.45, 2.75) is 26.5 Å². The van der Waals surface area contributed by atoms with Crippen molar-refractivity contribution >= 4 is 59.1 Å². The van der Waals surface area contributed by atoms with Crippen LogP contribution in [0.4, 0.5) is 0 Å². The summed E-state index contributed by atoms with van der Waals surface area (Å²) >= 11 is 12.3. The van der Waals surface area contributed by atoms with Gasteiger partial charge >= 0.3 is 0 Å². The maximum Gasteiger partial charge on any atom is 0.148 e. The molecule has 0 fully saturated rings. The maximum atomic E-state index is 5.92. The van der Waals surface area contributed by atoms with Gasteiger partial charge in [0.05, 0.1) is 12.7 Å². The van der Waals surface area contributed by atoms with E-state index < -0.39 is 0 Å². The maximum absolute atomic E-state index is 5.92. The molecule has 1 aromatic heterocycles. The summed E-state index contributed by atoms with van der Waals surface area (Å²) in [5.41, 5.74) is 1.23. The Labute approximate surface area is 154 Å². The normalized spacial score (nSPS) is 10.9. The summed E-state index contributed by atoms with van der Waals surface area (Å²) in [6.07, 6.45) is 1.14. The Morgan fingerprint density at radius 1 is 1.14 bits per heavy atom. The zero-order valence-electron chi connectivity index (χ0n) is 11.6. The smallest absolute Gasteiger partial charge is 0.148 e. The van der Waals surface area contributed by atoms with Gasteiger partial charge in [-0.1, -0.05) is 6.92 Å². The summed E-state index contributed by atoms with van der Waals surface area (Å²) in [5.74, 6) is 0.846. The standard InChI is InChI=1S/C15H16Br3NOS/c1-2-5-19-8-10-6-12(16)15(13(17)7-10)20-9-11-3-4-14(18)21-11/h3-4,6-7,19H,2,5,8-9H2,1H3. The van der Waals surface area contributed by atoms with Gasteiger partial charge in [0.15, 0.2) is 0 Å². The molecule has 0 radical (unpaired) electrons. The molecule has 2 aromatic rings. The van der Waals surface area contributed by atoms with Crippen molar-refractivity contribution in [1.82, 2.24) is 5.32 Å². The van der Waals surface area contributed by atoms with E-state index in [0.29, 0.717) is 6.61 Å². The number of hydrogen-bond acceptors (Lipinski definition) is 3. The van der Waals surface area contributed by atoms with E-state index in [1.807, 2.05) is 6.07 Å². The summed E-state index contributed by atoms with van der Waals surface area (Å²) in [6.45, 7) is 4.63. The fourth-order valence-corrected chi connectivity index (χ4v) is 4.74. The van der Waals surface area contributed by atoms with E-state index in [4.69, 9.17) is 4.74 Å². The van der Waals surface area contributed by atoms with Gasteiger partial charge in [0.25, 0.3) is 0 Å². The largest absolute Gasteiger partial charge is 0.486 e. The highest BCUT2D eigenvalue weighted by Crippen LogP contribution is 2.36. The molecule has 2 rings (SSSR count). The van der Waals surface area contributed by atoms with Crippen LogP contribution in [0.5, 0.6) is 5.75 Å². The monoisotopic (exact) mass is 495 g/mol. The van der Waals surface area contributed by atoms with Crippen LogP contribution in [-0.4, -0.2) is 6.54 Å². The Hall–Kier alpha value is 0.120. The van der Waals surface area contributed by atoms with Gasteiger partial charge in [-0.2, -0.15) is 0 Å². The fraction of sp³-hybridized carbons (Fsp3) is 0.333. The Kier molecular flexibility index (Phi) is 7.22. The first-order valence-electron chi connectivity index (χ1n) is 6.65. The third-order valence-electron chi connectivity index (χ3n) is 2.80. The molecule has 0 atom stereocenters. The predicted molar refractivity (Wildman–Crippen MR) is 100 cm³/mol. The summed E-state index contributed by atoms with van der Waals surface area (Å²) < 4.78 is 8.99. The van der Waals surface area contributed by atoms with E-state index in [1.165, 1.54) is 10.4 Å². The van der Waals surface area contributed by atoms with Crippen LogP contribution in [0, 0.1) is 0 Å². The highest BCUT2D eigenvalue weighted by Gasteiger charge is 2.10. The molecule has 0 saturated heterocycles. The lowest BCUT2D eigenvalue weighted by atomic mass is 10.2. The zero-order chi connectivity index (χ0) is 15.2. The van der Waals surface area contributed by atoms with E-state index in [2.05, 4.69) is 78.2 Å². The first-order chi connectivity index (χ1) is 10.1. The first kappa shape index (κ1) is 17.5. The van der Waals surface area contributed by atoms with Gasteiger partial charge in [0.2, 0.25) is 0 Å². The van der Waals surface area contributed by atoms with Crippen molar-refractivity contribution in [2.75, 3.05) is 6.54 Å². The lowest BCUT2D eigenvalue weighted by Gasteiger charge is -2.12. The topological polar surface area (TPSA) is 21.3 Å². The molecule has 2 nitrogen and oxygen atoms in total. The second kappa shape index (κ2) is 8.67. The predicted octanol–water partition coefficient (Wildman–Crippen LogP) is 6.11. The highest BCUT2D eigenvalue weighted by atomic mass is 79.9. The van der Waals surface area contributed by atoms with Crippen LogP contribution in [0.15, 0.2) is 37.0 Å². The molecule has 114 valence electrons. The Bertz CT molecular complexity index is 577. The van der Waals surface area contributed by atoms with Gasteiger partial charge in [0.1, 0.15) is 12.4 Å². The molecule has 1 heterocycles. The zero-order valence-corrected chi connectivity index (χ0v) is 17.2. The average Bonchev–Trinajstić information content (AvgIpc) is 2.84. The number of thiophene rings is 1. The number of benzene rings is 1. The van der Waals surface area contributed by atoms with E-state index in [0.717, 1.165) is 38.0 Å². The number of hydrogen-bond donors (Lipinski definition) is 1. The van der Waals surface area contributed by atoms with Crippen LogP contribution in [0.25, 0.3) is 0 Å². The van der Waals surface area contributed by atoms with E-state index in [1.54, 1.807) is 11.3 Å². The quantitative estimate of drug-likeness (QED) is 0.466. The second-order valence-electron chi connectivity index (χ2n) is 4.56. The minimum absolute atomic E-state index is 0.570. The SMILES string of the molecule is CCCNCc1cc(Br)c(OCc2ccc(Br)s2)c(Br)c1. The van der Waals surface area contributed by atoms with Crippen molar-refractivity contribution in [3.05, 3.63) is 47.4 Å². The second-order valence-corrected chi connectivity index (χ2v) is 8.82. The van der Waals surface area contributed by atoms with E-state index >= 15 is 0 Å². The van der Waals surface area contributed by atoms with E-state index in [9.17, 15) is 0 Å². The molecule has 21 heavy (non-hydrogen) atoms. The summed E-state index contributed by atoms with van der Waals surface area (Å²) in [5, 5.41) is 3.40. The molecule has 6 heteroatoms. The molecule has 0 aliphatic heterocycles. The van der Waals surface area contributed by atoms with Crippen LogP contribution >= 0.6 is 59.1 Å². The Morgan fingerprint density at radius 3 is 2.43 bits per heavy atom. The van der Waals surface area contributed by atoms with Gasteiger partial charge < -0.3 is 10.1 Å². The van der Waals surface area contributed by atoms with Gasteiger partial charge in [-0.05, 0) is 90.6 Å². The summed E-state index contributed by atoms with van der Waals surface area (Å²) in [7, 11) is 0. The third kappa shape index (κ3) is 5.36. The highest BCUT2D eigenvalue weighted by molar-refractivity contribution is 9.11. The molecule has 0 spiro atoms. The van der Waals surface area contributed by atoms with Gasteiger partial charge in [-0.25, -0.2) is 0 Å². The lowest BCUT2D eigenvalue weighted by Crippen LogP contribution is -2.13. The lowest BCUT2D eigenvalue weighted by molar-refractivity contribution is 0.305. The van der Waals surface area contributed by atoms with Crippen LogP contribution in [0.1, 0.15) is 23.8 Å². The molecule has 0 amide bonds. The third-order valence-corrected chi connectivity index (χ3v) is 5.58. The minimum Gasteiger partial charge on any atom is -0.486 e. The molecule has 1 N–H and O–H groups in total.